The van der Waals surface area contributed by atoms with Gasteiger partial charge in [0, 0.05) is 28.7 Å². The molecule has 5 rings (SSSR count). The summed E-state index contributed by atoms with van der Waals surface area (Å²) in [5, 5.41) is 23.2. The van der Waals surface area contributed by atoms with Gasteiger partial charge in [0.25, 0.3) is 0 Å². The Hall–Kier alpha value is -3.07. The highest BCUT2D eigenvalue weighted by atomic mass is 16.6. The van der Waals surface area contributed by atoms with E-state index in [-0.39, 0.29) is 6.61 Å². The van der Waals surface area contributed by atoms with Crippen molar-refractivity contribution in [3.8, 4) is 5.75 Å². The van der Waals surface area contributed by atoms with Crippen LogP contribution in [0.15, 0.2) is 42.9 Å². The molecule has 0 spiro atoms. The van der Waals surface area contributed by atoms with E-state index in [0.717, 1.165) is 33.2 Å². The minimum Gasteiger partial charge on any atom is -0.491 e. The lowest BCUT2D eigenvalue weighted by molar-refractivity contribution is -0.0472. The summed E-state index contributed by atoms with van der Waals surface area (Å²) in [6.07, 6.45) is -0.308. The van der Waals surface area contributed by atoms with Crippen LogP contribution in [0.4, 0.5) is 0 Å². The Bertz CT molecular complexity index is 1270. The lowest BCUT2D eigenvalue weighted by Crippen LogP contribution is -2.34. The number of pyridine rings is 1. The summed E-state index contributed by atoms with van der Waals surface area (Å²) >= 11 is 0. The molecule has 0 unspecified atom stereocenters. The zero-order chi connectivity index (χ0) is 21.7. The third kappa shape index (κ3) is 3.42. The minimum atomic E-state index is -1.11. The van der Waals surface area contributed by atoms with Crippen molar-refractivity contribution in [1.29, 1.82) is 0 Å². The van der Waals surface area contributed by atoms with Crippen molar-refractivity contribution >= 4 is 21.9 Å². The largest absolute Gasteiger partial charge is 0.491 e. The van der Waals surface area contributed by atoms with Crippen LogP contribution in [0.5, 0.6) is 5.75 Å². The molecule has 4 aromatic rings. The first-order valence-electron chi connectivity index (χ1n) is 10.2. The van der Waals surface area contributed by atoms with Crippen molar-refractivity contribution in [3.05, 3.63) is 59.8 Å². The molecule has 4 atom stereocenters. The zero-order valence-corrected chi connectivity index (χ0v) is 17.6. The molecule has 0 amide bonds. The Labute approximate surface area is 179 Å². The summed E-state index contributed by atoms with van der Waals surface area (Å²) < 4.78 is 13.7. The van der Waals surface area contributed by atoms with Crippen LogP contribution in [0.25, 0.3) is 21.9 Å². The van der Waals surface area contributed by atoms with E-state index in [4.69, 9.17) is 9.47 Å². The summed E-state index contributed by atoms with van der Waals surface area (Å²) in [5.41, 5.74) is 4.27. The average Bonchev–Trinajstić information content (AvgIpc) is 3.23. The normalized spacial score (nSPS) is 23.6. The summed E-state index contributed by atoms with van der Waals surface area (Å²) in [7, 11) is 0. The number of nitrogens with zero attached hydrogens (tertiary/aromatic N) is 4. The summed E-state index contributed by atoms with van der Waals surface area (Å²) in [6.45, 7) is 5.91. The lowest BCUT2D eigenvalue weighted by Gasteiger charge is -2.17. The third-order valence-corrected chi connectivity index (χ3v) is 5.82. The molecule has 1 saturated heterocycles. The van der Waals surface area contributed by atoms with E-state index in [1.807, 2.05) is 57.3 Å². The first-order valence-corrected chi connectivity index (χ1v) is 10.2. The summed E-state index contributed by atoms with van der Waals surface area (Å²) in [6, 6.07) is 9.64. The molecule has 8 heteroatoms. The van der Waals surface area contributed by atoms with Gasteiger partial charge in [-0.05, 0) is 44.5 Å². The van der Waals surface area contributed by atoms with Crippen molar-refractivity contribution < 1.29 is 19.7 Å². The molecule has 1 aliphatic rings. The van der Waals surface area contributed by atoms with Gasteiger partial charge >= 0.3 is 0 Å². The van der Waals surface area contributed by atoms with Crippen LogP contribution in [0.1, 0.15) is 23.2 Å². The number of benzene rings is 1. The molecular weight excluding hydrogens is 396 g/mol. The predicted molar refractivity (Wildman–Crippen MR) is 115 cm³/mol. The van der Waals surface area contributed by atoms with Crippen molar-refractivity contribution in [2.24, 2.45) is 0 Å². The number of hydrogen-bond donors (Lipinski definition) is 2. The van der Waals surface area contributed by atoms with Crippen LogP contribution in [0.2, 0.25) is 0 Å². The van der Waals surface area contributed by atoms with Crippen molar-refractivity contribution in [3.63, 3.8) is 0 Å². The van der Waals surface area contributed by atoms with Gasteiger partial charge in [-0.25, -0.2) is 9.97 Å². The van der Waals surface area contributed by atoms with Gasteiger partial charge in [-0.15, -0.1) is 0 Å². The minimum absolute atomic E-state index is 0.0955. The van der Waals surface area contributed by atoms with Crippen LogP contribution in [0, 0.1) is 20.8 Å². The quantitative estimate of drug-likeness (QED) is 0.523. The standard InChI is InChI=1S/C23H24N4O4/c1-12-9-27(22-19(12)14(3)24-11-25-22)23-21(29)20(28)18(31-23)10-30-16-7-6-15-5-4-13(2)26-17(15)8-16/h4-9,11,18,20-21,23,28-29H,10H2,1-3H3/t18-,20-,21-,23-/m1/s1. The van der Waals surface area contributed by atoms with Gasteiger partial charge in [-0.2, -0.15) is 0 Å². The molecule has 160 valence electrons. The molecule has 1 aromatic carbocycles. The number of ether oxygens (including phenoxy) is 2. The van der Waals surface area contributed by atoms with Gasteiger partial charge in [0.15, 0.2) is 6.23 Å². The maximum atomic E-state index is 10.7. The average molecular weight is 420 g/mol. The lowest BCUT2D eigenvalue weighted by atomic mass is 10.1. The number of fused-ring (bicyclic) bond motifs is 2. The molecular formula is C23H24N4O4. The predicted octanol–water partition coefficient (Wildman–Crippen LogP) is 2.60. The fourth-order valence-electron chi connectivity index (χ4n) is 4.21. The Kier molecular flexibility index (Phi) is 4.85. The van der Waals surface area contributed by atoms with E-state index in [1.165, 1.54) is 6.33 Å². The molecule has 3 aromatic heterocycles. The van der Waals surface area contributed by atoms with Crippen molar-refractivity contribution in [1.82, 2.24) is 19.5 Å². The van der Waals surface area contributed by atoms with Crippen LogP contribution in [-0.2, 0) is 4.74 Å². The van der Waals surface area contributed by atoms with Gasteiger partial charge in [-0.1, -0.05) is 6.07 Å². The number of aliphatic hydroxyl groups is 2. The molecule has 2 N–H and O–H groups in total. The highest BCUT2D eigenvalue weighted by Crippen LogP contribution is 2.34. The van der Waals surface area contributed by atoms with E-state index in [0.29, 0.717) is 11.4 Å². The second-order valence-electron chi connectivity index (χ2n) is 8.04. The molecule has 0 bridgehead atoms. The van der Waals surface area contributed by atoms with E-state index in [2.05, 4.69) is 15.0 Å². The zero-order valence-electron chi connectivity index (χ0n) is 17.6. The first kappa shape index (κ1) is 19.9. The summed E-state index contributed by atoms with van der Waals surface area (Å²) in [4.78, 5) is 13.1. The van der Waals surface area contributed by atoms with Gasteiger partial charge < -0.3 is 24.3 Å². The maximum Gasteiger partial charge on any atom is 0.164 e. The van der Waals surface area contributed by atoms with Gasteiger partial charge in [0.05, 0.1) is 11.2 Å². The molecule has 0 radical (unpaired) electrons. The summed E-state index contributed by atoms with van der Waals surface area (Å²) in [5.74, 6) is 0.630. The Morgan fingerprint density at radius 3 is 2.71 bits per heavy atom. The van der Waals surface area contributed by atoms with Crippen LogP contribution in [0.3, 0.4) is 0 Å². The number of rotatable bonds is 4. The molecule has 8 nitrogen and oxygen atoms in total. The fraction of sp³-hybridized carbons (Fsp3) is 0.348. The number of aliphatic hydroxyl groups excluding tert-OH is 2. The highest BCUT2D eigenvalue weighted by molar-refractivity contribution is 5.82. The number of aryl methyl sites for hydroxylation is 3. The van der Waals surface area contributed by atoms with Gasteiger partial charge in [-0.3, -0.25) is 4.98 Å². The SMILES string of the molecule is Cc1ccc2ccc(OC[C@H]3O[C@@H](n4cc(C)c5c(C)ncnc54)[C@H](O)[C@@H]3O)cc2n1. The topological polar surface area (TPSA) is 103 Å². The number of hydrogen-bond acceptors (Lipinski definition) is 7. The van der Waals surface area contributed by atoms with Gasteiger partial charge in [0.1, 0.15) is 42.6 Å². The number of aromatic nitrogens is 4. The monoisotopic (exact) mass is 420 g/mol. The van der Waals surface area contributed by atoms with Crippen LogP contribution in [-0.4, -0.2) is 54.7 Å². The Morgan fingerprint density at radius 1 is 1.06 bits per heavy atom. The van der Waals surface area contributed by atoms with Gasteiger partial charge in [0.2, 0.25) is 0 Å². The smallest absolute Gasteiger partial charge is 0.164 e. The molecule has 0 aliphatic carbocycles. The van der Waals surface area contributed by atoms with E-state index in [1.54, 1.807) is 4.57 Å². The van der Waals surface area contributed by atoms with Crippen molar-refractivity contribution in [2.75, 3.05) is 6.61 Å². The molecule has 0 saturated carbocycles. The van der Waals surface area contributed by atoms with E-state index in [9.17, 15) is 10.2 Å². The van der Waals surface area contributed by atoms with E-state index >= 15 is 0 Å². The maximum absolute atomic E-state index is 10.7. The second-order valence-corrected chi connectivity index (χ2v) is 8.04. The second kappa shape index (κ2) is 7.56. The highest BCUT2D eigenvalue weighted by Gasteiger charge is 2.44. The molecule has 4 heterocycles. The molecule has 1 fully saturated rings. The Morgan fingerprint density at radius 2 is 1.87 bits per heavy atom. The first-order chi connectivity index (χ1) is 14.9. The van der Waals surface area contributed by atoms with Crippen molar-refractivity contribution in [2.45, 2.75) is 45.3 Å². The van der Waals surface area contributed by atoms with Crippen LogP contribution >= 0.6 is 0 Å². The van der Waals surface area contributed by atoms with Crippen LogP contribution < -0.4 is 4.74 Å². The molecule has 1 aliphatic heterocycles. The molecule has 31 heavy (non-hydrogen) atoms. The fourth-order valence-corrected chi connectivity index (χ4v) is 4.21. The third-order valence-electron chi connectivity index (χ3n) is 5.82. The van der Waals surface area contributed by atoms with E-state index < -0.39 is 24.5 Å². The Balaban J connectivity index is 1.36.